The topological polar surface area (TPSA) is 37.2 Å². The minimum atomic E-state index is -4.51. The van der Waals surface area contributed by atoms with Crippen LogP contribution in [0.1, 0.15) is 5.69 Å². The first-order chi connectivity index (χ1) is 11.2. The molecule has 5 nitrogen and oxygen atoms in total. The summed E-state index contributed by atoms with van der Waals surface area (Å²) in [6.45, 7) is 0.435. The van der Waals surface area contributed by atoms with E-state index < -0.39 is 11.9 Å². The standard InChI is InChI=1S/C16H20F3N5/c1-22(2)10-13(11-23(3)4)24-14(12-6-5-7-20-9-12)8-15(21-24)16(17,18)19/h5-10H,11H2,1-4H3. The molecule has 0 aromatic carbocycles. The molecule has 2 aromatic rings. The molecule has 0 bridgehead atoms. The number of likely N-dealkylation sites (N-methyl/N-ethyl adjacent to an activating group) is 1. The molecule has 2 rings (SSSR count). The number of aromatic nitrogens is 3. The lowest BCUT2D eigenvalue weighted by molar-refractivity contribution is -0.141. The third kappa shape index (κ3) is 4.35. The van der Waals surface area contributed by atoms with Crippen LogP contribution in [0.3, 0.4) is 0 Å². The summed E-state index contributed by atoms with van der Waals surface area (Å²) < 4.78 is 40.8. The van der Waals surface area contributed by atoms with Crippen LogP contribution in [0.5, 0.6) is 0 Å². The minimum Gasteiger partial charge on any atom is -0.382 e. The zero-order valence-electron chi connectivity index (χ0n) is 14.0. The third-order valence-electron chi connectivity index (χ3n) is 3.11. The van der Waals surface area contributed by atoms with Crippen LogP contribution in [-0.4, -0.2) is 59.3 Å². The van der Waals surface area contributed by atoms with Gasteiger partial charge in [0.05, 0.1) is 11.4 Å². The zero-order valence-corrected chi connectivity index (χ0v) is 14.0. The van der Waals surface area contributed by atoms with Crippen molar-refractivity contribution in [1.29, 1.82) is 0 Å². The Hall–Kier alpha value is -2.35. The van der Waals surface area contributed by atoms with Crippen LogP contribution in [0.15, 0.2) is 36.8 Å². The van der Waals surface area contributed by atoms with E-state index in [4.69, 9.17) is 0 Å². The molecule has 0 N–H and O–H groups in total. The molecule has 24 heavy (non-hydrogen) atoms. The van der Waals surface area contributed by atoms with Crippen molar-refractivity contribution < 1.29 is 13.2 Å². The largest absolute Gasteiger partial charge is 0.435 e. The molecule has 130 valence electrons. The molecule has 0 saturated carbocycles. The minimum absolute atomic E-state index is 0.352. The average Bonchev–Trinajstić information content (AvgIpc) is 2.91. The van der Waals surface area contributed by atoms with Crippen molar-refractivity contribution in [1.82, 2.24) is 24.6 Å². The Morgan fingerprint density at radius 1 is 1.25 bits per heavy atom. The number of hydrogen-bond donors (Lipinski definition) is 0. The van der Waals surface area contributed by atoms with Gasteiger partial charge in [0.2, 0.25) is 0 Å². The van der Waals surface area contributed by atoms with E-state index in [2.05, 4.69) is 10.1 Å². The number of rotatable bonds is 5. The molecule has 0 aliphatic rings. The van der Waals surface area contributed by atoms with Crippen LogP contribution in [-0.2, 0) is 6.18 Å². The summed E-state index contributed by atoms with van der Waals surface area (Å²) >= 11 is 0. The normalized spacial score (nSPS) is 12.8. The summed E-state index contributed by atoms with van der Waals surface area (Å²) in [4.78, 5) is 7.64. The van der Waals surface area contributed by atoms with E-state index in [1.807, 2.05) is 33.1 Å². The monoisotopic (exact) mass is 339 g/mol. The Morgan fingerprint density at radius 3 is 2.46 bits per heavy atom. The van der Waals surface area contributed by atoms with Crippen molar-refractivity contribution in [3.63, 3.8) is 0 Å². The van der Waals surface area contributed by atoms with Crippen LogP contribution < -0.4 is 0 Å². The van der Waals surface area contributed by atoms with E-state index >= 15 is 0 Å². The number of alkyl halides is 3. The van der Waals surface area contributed by atoms with E-state index in [9.17, 15) is 13.2 Å². The summed E-state index contributed by atoms with van der Waals surface area (Å²) in [5.41, 5.74) is 0.624. The van der Waals surface area contributed by atoms with E-state index in [1.54, 1.807) is 29.4 Å². The highest BCUT2D eigenvalue weighted by Gasteiger charge is 2.35. The molecule has 0 spiro atoms. The smallest absolute Gasteiger partial charge is 0.382 e. The van der Waals surface area contributed by atoms with E-state index in [0.29, 0.717) is 23.5 Å². The molecule has 8 heteroatoms. The van der Waals surface area contributed by atoms with Crippen molar-refractivity contribution in [2.24, 2.45) is 0 Å². The fourth-order valence-corrected chi connectivity index (χ4v) is 2.24. The predicted octanol–water partition coefficient (Wildman–Crippen LogP) is 2.89. The Morgan fingerprint density at radius 2 is 1.96 bits per heavy atom. The van der Waals surface area contributed by atoms with Gasteiger partial charge in [-0.25, -0.2) is 4.68 Å². The summed E-state index contributed by atoms with van der Waals surface area (Å²) in [5, 5.41) is 3.81. The summed E-state index contributed by atoms with van der Waals surface area (Å²) in [6.07, 6.45) is 0.346. The van der Waals surface area contributed by atoms with Gasteiger partial charge in [-0.2, -0.15) is 18.3 Å². The van der Waals surface area contributed by atoms with Gasteiger partial charge in [0.1, 0.15) is 0 Å². The molecule has 0 unspecified atom stereocenters. The van der Waals surface area contributed by atoms with E-state index in [0.717, 1.165) is 6.07 Å². The van der Waals surface area contributed by atoms with Gasteiger partial charge >= 0.3 is 6.18 Å². The fourth-order valence-electron chi connectivity index (χ4n) is 2.24. The molecular weight excluding hydrogens is 319 g/mol. The second-order valence-electron chi connectivity index (χ2n) is 5.89. The van der Waals surface area contributed by atoms with Crippen molar-refractivity contribution in [3.8, 4) is 11.3 Å². The quantitative estimate of drug-likeness (QED) is 0.839. The summed E-state index contributed by atoms with van der Waals surface area (Å²) in [7, 11) is 7.32. The summed E-state index contributed by atoms with van der Waals surface area (Å²) in [6, 6.07) is 4.45. The predicted molar refractivity (Wildman–Crippen MR) is 87.0 cm³/mol. The Bertz CT molecular complexity index is 702. The first-order valence-electron chi connectivity index (χ1n) is 7.28. The highest BCUT2D eigenvalue weighted by Crippen LogP contribution is 2.32. The van der Waals surface area contributed by atoms with Crippen LogP contribution in [0, 0.1) is 0 Å². The molecule has 0 atom stereocenters. The highest BCUT2D eigenvalue weighted by atomic mass is 19.4. The van der Waals surface area contributed by atoms with Gasteiger partial charge in [-0.1, -0.05) is 0 Å². The molecule has 0 aliphatic heterocycles. The van der Waals surface area contributed by atoms with Crippen molar-refractivity contribution in [2.45, 2.75) is 6.18 Å². The molecule has 0 fully saturated rings. The summed E-state index contributed by atoms with van der Waals surface area (Å²) in [5.74, 6) is 0. The molecule has 2 heterocycles. The molecule has 0 aliphatic carbocycles. The van der Waals surface area contributed by atoms with Gasteiger partial charge in [0.15, 0.2) is 5.69 Å². The van der Waals surface area contributed by atoms with Crippen molar-refractivity contribution in [2.75, 3.05) is 34.7 Å². The van der Waals surface area contributed by atoms with Gasteiger partial charge in [0, 0.05) is 44.8 Å². The maximum atomic E-state index is 13.2. The molecule has 0 amide bonds. The van der Waals surface area contributed by atoms with Crippen LogP contribution in [0.4, 0.5) is 13.2 Å². The molecule has 0 radical (unpaired) electrons. The second-order valence-corrected chi connectivity index (χ2v) is 5.89. The van der Waals surface area contributed by atoms with Gasteiger partial charge in [-0.05, 0) is 32.3 Å². The number of pyridine rings is 1. The van der Waals surface area contributed by atoms with Crippen molar-refractivity contribution in [3.05, 3.63) is 42.5 Å². The first kappa shape index (κ1) is 18.0. The highest BCUT2D eigenvalue weighted by molar-refractivity contribution is 5.65. The number of nitrogens with zero attached hydrogens (tertiary/aromatic N) is 5. The molecule has 2 aromatic heterocycles. The maximum absolute atomic E-state index is 13.2. The van der Waals surface area contributed by atoms with Gasteiger partial charge in [0.25, 0.3) is 0 Å². The number of hydrogen-bond acceptors (Lipinski definition) is 4. The second kappa shape index (κ2) is 7.04. The number of halogens is 3. The first-order valence-corrected chi connectivity index (χ1v) is 7.28. The Kier molecular flexibility index (Phi) is 5.28. The SMILES string of the molecule is CN(C)C=C(CN(C)C)n1nc(C(F)(F)F)cc1-c1cccnc1. The van der Waals surface area contributed by atoms with Crippen LogP contribution >= 0.6 is 0 Å². The zero-order chi connectivity index (χ0) is 17.9. The van der Waals surface area contributed by atoms with E-state index in [-0.39, 0.29) is 0 Å². The Balaban J connectivity index is 2.63. The lowest BCUT2D eigenvalue weighted by atomic mass is 10.2. The van der Waals surface area contributed by atoms with Gasteiger partial charge in [-0.3, -0.25) is 4.98 Å². The third-order valence-corrected chi connectivity index (χ3v) is 3.11. The lowest BCUT2D eigenvalue weighted by Crippen LogP contribution is -2.21. The molecular formula is C16H20F3N5. The van der Waals surface area contributed by atoms with Gasteiger partial charge < -0.3 is 9.80 Å². The lowest BCUT2D eigenvalue weighted by Gasteiger charge is -2.18. The average molecular weight is 339 g/mol. The van der Waals surface area contributed by atoms with Gasteiger partial charge in [-0.15, -0.1) is 0 Å². The maximum Gasteiger partial charge on any atom is 0.435 e. The van der Waals surface area contributed by atoms with Crippen LogP contribution in [0.25, 0.3) is 17.0 Å². The van der Waals surface area contributed by atoms with E-state index in [1.165, 1.54) is 10.9 Å². The fraction of sp³-hybridized carbons (Fsp3) is 0.375. The molecule has 0 saturated heterocycles. The van der Waals surface area contributed by atoms with Crippen molar-refractivity contribution >= 4 is 5.70 Å². The Labute approximate surface area is 139 Å². The van der Waals surface area contributed by atoms with Crippen LogP contribution in [0.2, 0.25) is 0 Å².